The molecular formula is C26H32BrN3O3. The number of carbonyl (C=O) groups is 1. The van der Waals surface area contributed by atoms with Crippen LogP contribution in [0.25, 0.3) is 10.9 Å². The maximum Gasteiger partial charge on any atom is 0.342 e. The Morgan fingerprint density at radius 1 is 1.27 bits per heavy atom. The van der Waals surface area contributed by atoms with Crippen LogP contribution in [0.2, 0.25) is 0 Å². The van der Waals surface area contributed by atoms with Crippen LogP contribution in [0.15, 0.2) is 41.0 Å². The second kappa shape index (κ2) is 10.2. The van der Waals surface area contributed by atoms with Crippen molar-refractivity contribution in [3.63, 3.8) is 0 Å². The third kappa shape index (κ3) is 4.62. The van der Waals surface area contributed by atoms with Crippen LogP contribution in [0.3, 0.4) is 0 Å². The molecule has 7 heteroatoms. The van der Waals surface area contributed by atoms with Crippen LogP contribution in [-0.4, -0.2) is 34.8 Å². The molecule has 176 valence electrons. The smallest absolute Gasteiger partial charge is 0.342 e. The fraction of sp³-hybridized carbons (Fsp3) is 0.423. The van der Waals surface area contributed by atoms with Crippen molar-refractivity contribution in [3.05, 3.63) is 57.7 Å². The SMILES string of the molecule is CCCCN1Cc2c(c(C(=O)OCC)c(CNc3ccccc3)c3c2c(Br)cn3C)OC1C. The minimum absolute atomic E-state index is 0.118. The van der Waals surface area contributed by atoms with Crippen LogP contribution < -0.4 is 10.1 Å². The molecule has 0 saturated carbocycles. The largest absolute Gasteiger partial charge is 0.474 e. The number of unbranched alkanes of at least 4 members (excludes halogenated alkanes) is 1. The van der Waals surface area contributed by atoms with E-state index in [9.17, 15) is 4.79 Å². The van der Waals surface area contributed by atoms with Gasteiger partial charge in [0, 0.05) is 59.6 Å². The predicted octanol–water partition coefficient (Wildman–Crippen LogP) is 6.07. The molecule has 0 aliphatic carbocycles. The van der Waals surface area contributed by atoms with Gasteiger partial charge in [0.1, 0.15) is 17.5 Å². The zero-order chi connectivity index (χ0) is 23.5. The molecule has 2 aromatic carbocycles. The van der Waals surface area contributed by atoms with Crippen LogP contribution in [0.5, 0.6) is 5.75 Å². The Labute approximate surface area is 204 Å². The van der Waals surface area contributed by atoms with E-state index >= 15 is 0 Å². The number of hydrogen-bond donors (Lipinski definition) is 1. The van der Waals surface area contributed by atoms with E-state index in [2.05, 4.69) is 50.8 Å². The highest BCUT2D eigenvalue weighted by Gasteiger charge is 2.34. The first kappa shape index (κ1) is 23.6. The molecule has 4 rings (SSSR count). The number of nitrogens with zero attached hydrogens (tertiary/aromatic N) is 2. The molecule has 6 nitrogen and oxygen atoms in total. The van der Waals surface area contributed by atoms with Crippen LogP contribution in [0.4, 0.5) is 5.69 Å². The molecule has 0 bridgehead atoms. The van der Waals surface area contributed by atoms with Gasteiger partial charge in [-0.1, -0.05) is 31.5 Å². The Morgan fingerprint density at radius 2 is 2.03 bits per heavy atom. The molecule has 1 unspecified atom stereocenters. The summed E-state index contributed by atoms with van der Waals surface area (Å²) < 4.78 is 15.1. The number of aryl methyl sites for hydroxylation is 1. The molecule has 2 heterocycles. The van der Waals surface area contributed by atoms with Crippen LogP contribution in [0.1, 0.15) is 55.1 Å². The van der Waals surface area contributed by atoms with Gasteiger partial charge in [0.05, 0.1) is 12.1 Å². The summed E-state index contributed by atoms with van der Waals surface area (Å²) in [7, 11) is 2.02. The number of fused-ring (bicyclic) bond motifs is 3. The molecule has 0 radical (unpaired) electrons. The number of ether oxygens (including phenoxy) is 2. The van der Waals surface area contributed by atoms with Crippen molar-refractivity contribution < 1.29 is 14.3 Å². The van der Waals surface area contributed by atoms with Crippen molar-refractivity contribution in [2.75, 3.05) is 18.5 Å². The molecule has 1 atom stereocenters. The molecule has 1 N–H and O–H groups in total. The molecule has 0 saturated heterocycles. The number of anilines is 1. The van der Waals surface area contributed by atoms with Crippen LogP contribution >= 0.6 is 15.9 Å². The quantitative estimate of drug-likeness (QED) is 0.370. The number of nitrogens with one attached hydrogen (secondary N) is 1. The fourth-order valence-corrected chi connectivity index (χ4v) is 5.31. The lowest BCUT2D eigenvalue weighted by molar-refractivity contribution is 0.0110. The summed E-state index contributed by atoms with van der Waals surface area (Å²) in [4.78, 5) is 15.6. The number of benzene rings is 2. The number of para-hydroxylation sites is 1. The third-order valence-electron chi connectivity index (χ3n) is 6.21. The van der Waals surface area contributed by atoms with E-state index in [0.717, 1.165) is 58.1 Å². The van der Waals surface area contributed by atoms with Gasteiger partial charge in [0.2, 0.25) is 0 Å². The van der Waals surface area contributed by atoms with E-state index < -0.39 is 0 Å². The van der Waals surface area contributed by atoms with Gasteiger partial charge >= 0.3 is 5.97 Å². The van der Waals surface area contributed by atoms with Crippen molar-refractivity contribution in [2.45, 2.75) is 52.9 Å². The summed E-state index contributed by atoms with van der Waals surface area (Å²) in [5.41, 5.74) is 4.46. The summed E-state index contributed by atoms with van der Waals surface area (Å²) in [6.07, 6.45) is 4.16. The zero-order valence-corrected chi connectivity index (χ0v) is 21.4. The Balaban J connectivity index is 1.90. The van der Waals surface area contributed by atoms with E-state index in [0.29, 0.717) is 24.5 Å². The van der Waals surface area contributed by atoms with Gasteiger partial charge in [0.25, 0.3) is 0 Å². The molecule has 1 aromatic heterocycles. The lowest BCUT2D eigenvalue weighted by Gasteiger charge is -2.37. The lowest BCUT2D eigenvalue weighted by atomic mass is 9.95. The number of aromatic nitrogens is 1. The average molecular weight is 514 g/mol. The van der Waals surface area contributed by atoms with E-state index in [1.54, 1.807) is 0 Å². The Hall–Kier alpha value is -2.51. The standard InChI is InChI=1S/C26H32BrN3O3/c1-5-7-13-30-15-20-22-21(27)16-29(4)24(22)19(14-28-18-11-9-8-10-12-18)23(26(31)32-6-2)25(20)33-17(30)3/h8-12,16-17,28H,5-7,13-15H2,1-4H3. The summed E-state index contributed by atoms with van der Waals surface area (Å²) in [5.74, 6) is 0.310. The van der Waals surface area contributed by atoms with Gasteiger partial charge in [-0.25, -0.2) is 4.79 Å². The highest BCUT2D eigenvalue weighted by atomic mass is 79.9. The monoisotopic (exact) mass is 513 g/mol. The first-order chi connectivity index (χ1) is 16.0. The van der Waals surface area contributed by atoms with Crippen molar-refractivity contribution in [1.82, 2.24) is 9.47 Å². The van der Waals surface area contributed by atoms with Crippen molar-refractivity contribution in [1.29, 1.82) is 0 Å². The number of carbonyl (C=O) groups excluding carboxylic acids is 1. The first-order valence-corrected chi connectivity index (χ1v) is 12.4. The Kier molecular flexibility index (Phi) is 7.29. The second-order valence-electron chi connectivity index (χ2n) is 8.45. The van der Waals surface area contributed by atoms with Gasteiger partial charge in [-0.05, 0) is 48.3 Å². The summed E-state index contributed by atoms with van der Waals surface area (Å²) in [6.45, 7) is 8.55. The summed E-state index contributed by atoms with van der Waals surface area (Å²) in [6, 6.07) is 10.0. The first-order valence-electron chi connectivity index (χ1n) is 11.6. The highest BCUT2D eigenvalue weighted by Crippen LogP contribution is 2.44. The van der Waals surface area contributed by atoms with Crippen molar-refractivity contribution in [3.8, 4) is 5.75 Å². The van der Waals surface area contributed by atoms with Crippen molar-refractivity contribution >= 4 is 38.5 Å². The minimum Gasteiger partial charge on any atom is -0.474 e. The lowest BCUT2D eigenvalue weighted by Crippen LogP contribution is -2.41. The topological polar surface area (TPSA) is 55.7 Å². The third-order valence-corrected chi connectivity index (χ3v) is 6.81. The summed E-state index contributed by atoms with van der Waals surface area (Å²) >= 11 is 3.78. The van der Waals surface area contributed by atoms with Gasteiger partial charge in [-0.3, -0.25) is 4.90 Å². The molecule has 1 aliphatic heterocycles. The average Bonchev–Trinajstić information content (AvgIpc) is 3.10. The second-order valence-corrected chi connectivity index (χ2v) is 9.31. The molecule has 3 aromatic rings. The summed E-state index contributed by atoms with van der Waals surface area (Å²) in [5, 5.41) is 4.58. The van der Waals surface area contributed by atoms with Gasteiger partial charge in [-0.2, -0.15) is 0 Å². The van der Waals surface area contributed by atoms with E-state index in [4.69, 9.17) is 9.47 Å². The Bertz CT molecular complexity index is 1140. The molecule has 33 heavy (non-hydrogen) atoms. The predicted molar refractivity (Wildman–Crippen MR) is 136 cm³/mol. The number of rotatable bonds is 8. The molecule has 0 amide bonds. The van der Waals surface area contributed by atoms with E-state index in [1.165, 1.54) is 0 Å². The van der Waals surface area contributed by atoms with Gasteiger partial charge in [0.15, 0.2) is 0 Å². The van der Waals surface area contributed by atoms with Crippen molar-refractivity contribution in [2.24, 2.45) is 7.05 Å². The number of esters is 1. The van der Waals surface area contributed by atoms with E-state index in [-0.39, 0.29) is 12.2 Å². The molecule has 1 aliphatic rings. The maximum absolute atomic E-state index is 13.3. The van der Waals surface area contributed by atoms with Crippen LogP contribution in [0, 0.1) is 0 Å². The molecular weight excluding hydrogens is 482 g/mol. The number of halogens is 1. The zero-order valence-electron chi connectivity index (χ0n) is 19.8. The maximum atomic E-state index is 13.3. The number of hydrogen-bond acceptors (Lipinski definition) is 5. The minimum atomic E-state index is -0.341. The molecule has 0 fully saturated rings. The molecule has 0 spiro atoms. The van der Waals surface area contributed by atoms with Crippen LogP contribution in [-0.2, 0) is 24.9 Å². The van der Waals surface area contributed by atoms with Gasteiger partial charge in [-0.15, -0.1) is 0 Å². The highest BCUT2D eigenvalue weighted by molar-refractivity contribution is 9.10. The van der Waals surface area contributed by atoms with Gasteiger partial charge < -0.3 is 19.4 Å². The fourth-order valence-electron chi connectivity index (χ4n) is 4.58. The Morgan fingerprint density at radius 3 is 2.73 bits per heavy atom. The normalized spacial score (nSPS) is 15.8. The van der Waals surface area contributed by atoms with E-state index in [1.807, 2.05) is 44.3 Å².